The van der Waals surface area contributed by atoms with E-state index < -0.39 is 11.2 Å². The molecule has 2 aromatic rings. The smallest absolute Gasteiger partial charge is 0.410 e. The van der Waals surface area contributed by atoms with Crippen LogP contribution in [0.2, 0.25) is 0 Å². The highest BCUT2D eigenvalue weighted by Crippen LogP contribution is 2.51. The van der Waals surface area contributed by atoms with Gasteiger partial charge in [0.25, 0.3) is 0 Å². The summed E-state index contributed by atoms with van der Waals surface area (Å²) in [5.41, 5.74) is 6.78. The third kappa shape index (κ3) is 5.72. The molecule has 1 aromatic heterocycles. The number of amides is 1. The highest BCUT2D eigenvalue weighted by Gasteiger charge is 2.52. The minimum Gasteiger partial charge on any atom is -0.495 e. The third-order valence-corrected chi connectivity index (χ3v) is 6.98. The van der Waals surface area contributed by atoms with Gasteiger partial charge in [-0.05, 0) is 57.7 Å². The molecular weight excluding hydrogens is 442 g/mol. The van der Waals surface area contributed by atoms with Crippen LogP contribution in [0.25, 0.3) is 0 Å². The second kappa shape index (κ2) is 10.4. The van der Waals surface area contributed by atoms with E-state index in [0.29, 0.717) is 24.7 Å². The van der Waals surface area contributed by atoms with Crippen LogP contribution in [-0.4, -0.2) is 47.4 Å². The fourth-order valence-electron chi connectivity index (χ4n) is 5.53. The lowest BCUT2D eigenvalue weighted by Gasteiger charge is -2.44. The summed E-state index contributed by atoms with van der Waals surface area (Å²) in [6, 6.07) is 13.6. The Bertz CT molecular complexity index is 1010. The first kappa shape index (κ1) is 25.3. The van der Waals surface area contributed by atoms with Crippen molar-refractivity contribution < 1.29 is 19.0 Å². The van der Waals surface area contributed by atoms with Crippen molar-refractivity contribution in [2.45, 2.75) is 82.5 Å². The molecule has 2 fully saturated rings. The van der Waals surface area contributed by atoms with Crippen LogP contribution >= 0.6 is 0 Å². The standard InChI is InChI=1S/C28H39N3O4/c1-27(2,3)35-26(32)31-17-11-6-5-10-16-28(25(31)20-12-8-7-9-13-20)18-21(19-34-28)24-22(33-4)14-15-23(29)30-24/h7-9,12-15,21,25H,5-6,10-11,16-19H2,1-4H3,(H2,29,30)/t21?,25-,28?/m0/s1. The van der Waals surface area contributed by atoms with Crippen LogP contribution in [0.1, 0.15) is 82.5 Å². The van der Waals surface area contributed by atoms with Gasteiger partial charge in [0.1, 0.15) is 17.2 Å². The maximum Gasteiger partial charge on any atom is 0.410 e. The van der Waals surface area contributed by atoms with Crippen molar-refractivity contribution in [1.82, 2.24) is 9.88 Å². The van der Waals surface area contributed by atoms with E-state index in [1.807, 2.05) is 49.9 Å². The van der Waals surface area contributed by atoms with Crippen LogP contribution in [-0.2, 0) is 9.47 Å². The summed E-state index contributed by atoms with van der Waals surface area (Å²) in [7, 11) is 1.65. The second-order valence-electron chi connectivity index (χ2n) is 10.8. The minimum absolute atomic E-state index is 0.0147. The van der Waals surface area contributed by atoms with Crippen LogP contribution in [0.15, 0.2) is 42.5 Å². The molecule has 35 heavy (non-hydrogen) atoms. The highest BCUT2D eigenvalue weighted by atomic mass is 16.6. The number of ether oxygens (including phenoxy) is 3. The molecule has 7 heteroatoms. The molecule has 2 saturated heterocycles. The number of hydrogen-bond donors (Lipinski definition) is 1. The number of carbonyl (C=O) groups is 1. The zero-order valence-corrected chi connectivity index (χ0v) is 21.5. The molecule has 1 spiro atoms. The van der Waals surface area contributed by atoms with E-state index in [9.17, 15) is 4.79 Å². The van der Waals surface area contributed by atoms with Crippen molar-refractivity contribution in [3.05, 3.63) is 53.7 Å². The number of aromatic nitrogens is 1. The van der Waals surface area contributed by atoms with Crippen molar-refractivity contribution in [2.75, 3.05) is 26.0 Å². The number of benzene rings is 1. The lowest BCUT2D eigenvalue weighted by Crippen LogP contribution is -2.50. The summed E-state index contributed by atoms with van der Waals surface area (Å²) in [5, 5.41) is 0. The number of nitrogens with zero attached hydrogens (tertiary/aromatic N) is 2. The molecule has 1 aromatic carbocycles. The van der Waals surface area contributed by atoms with Crippen molar-refractivity contribution in [2.24, 2.45) is 0 Å². The van der Waals surface area contributed by atoms with Gasteiger partial charge in [-0.3, -0.25) is 4.90 Å². The SMILES string of the molecule is COc1ccc(N)nc1C1COC2(CCCCCCN(C(=O)OC(C)(C)C)[C@H]2c2ccccc2)C1. The quantitative estimate of drug-likeness (QED) is 0.591. The van der Waals surface area contributed by atoms with Gasteiger partial charge in [-0.1, -0.05) is 49.6 Å². The zero-order valence-electron chi connectivity index (χ0n) is 21.5. The molecule has 2 N–H and O–H groups in total. The largest absolute Gasteiger partial charge is 0.495 e. The lowest BCUT2D eigenvalue weighted by molar-refractivity contribution is -0.0772. The topological polar surface area (TPSA) is 86.9 Å². The first-order chi connectivity index (χ1) is 16.7. The van der Waals surface area contributed by atoms with Crippen LogP contribution in [0.4, 0.5) is 10.6 Å². The van der Waals surface area contributed by atoms with E-state index in [0.717, 1.165) is 49.8 Å². The monoisotopic (exact) mass is 481 g/mol. The fourth-order valence-corrected chi connectivity index (χ4v) is 5.53. The number of nitrogens with two attached hydrogens (primary N) is 1. The van der Waals surface area contributed by atoms with Crippen molar-refractivity contribution in [3.63, 3.8) is 0 Å². The van der Waals surface area contributed by atoms with E-state index in [1.54, 1.807) is 13.2 Å². The van der Waals surface area contributed by atoms with E-state index in [2.05, 4.69) is 17.1 Å². The zero-order chi connectivity index (χ0) is 25.1. The first-order valence-corrected chi connectivity index (χ1v) is 12.7. The van der Waals surface area contributed by atoms with Gasteiger partial charge in [0.2, 0.25) is 0 Å². The van der Waals surface area contributed by atoms with Crippen molar-refractivity contribution in [3.8, 4) is 5.75 Å². The van der Waals surface area contributed by atoms with Gasteiger partial charge in [0.05, 0.1) is 31.1 Å². The maximum atomic E-state index is 13.6. The summed E-state index contributed by atoms with van der Waals surface area (Å²) in [6.45, 7) is 6.86. The Morgan fingerprint density at radius 3 is 2.57 bits per heavy atom. The average Bonchev–Trinajstić information content (AvgIpc) is 3.27. The Morgan fingerprint density at radius 1 is 1.11 bits per heavy atom. The number of rotatable bonds is 3. The van der Waals surface area contributed by atoms with Crippen LogP contribution < -0.4 is 10.5 Å². The third-order valence-electron chi connectivity index (χ3n) is 6.98. The normalized spacial score (nSPS) is 25.5. The molecule has 3 atom stereocenters. The molecule has 2 unspecified atom stereocenters. The maximum absolute atomic E-state index is 13.6. The average molecular weight is 482 g/mol. The predicted molar refractivity (Wildman–Crippen MR) is 136 cm³/mol. The molecule has 2 aliphatic heterocycles. The predicted octanol–water partition coefficient (Wildman–Crippen LogP) is 5.86. The Morgan fingerprint density at radius 2 is 1.86 bits per heavy atom. The van der Waals surface area contributed by atoms with Gasteiger partial charge in [0, 0.05) is 12.5 Å². The highest BCUT2D eigenvalue weighted by molar-refractivity contribution is 5.69. The summed E-state index contributed by atoms with van der Waals surface area (Å²) in [6.07, 6.45) is 5.45. The van der Waals surface area contributed by atoms with Gasteiger partial charge in [-0.15, -0.1) is 0 Å². The molecule has 4 rings (SSSR count). The number of hydrogen-bond acceptors (Lipinski definition) is 6. The number of nitrogen functional groups attached to an aromatic ring is 1. The molecule has 190 valence electrons. The molecular formula is C28H39N3O4. The number of carbonyl (C=O) groups excluding carboxylic acids is 1. The Hall–Kier alpha value is -2.80. The fraction of sp³-hybridized carbons (Fsp3) is 0.571. The van der Waals surface area contributed by atoms with Gasteiger partial charge in [-0.25, -0.2) is 9.78 Å². The molecule has 0 aliphatic carbocycles. The van der Waals surface area contributed by atoms with Crippen molar-refractivity contribution in [1.29, 1.82) is 0 Å². The summed E-state index contributed by atoms with van der Waals surface area (Å²) in [4.78, 5) is 20.2. The van der Waals surface area contributed by atoms with Crippen molar-refractivity contribution >= 4 is 11.9 Å². The van der Waals surface area contributed by atoms with Gasteiger partial charge < -0.3 is 19.9 Å². The molecule has 0 bridgehead atoms. The minimum atomic E-state index is -0.582. The Balaban J connectivity index is 1.78. The summed E-state index contributed by atoms with van der Waals surface area (Å²) in [5.74, 6) is 1.19. The molecule has 3 heterocycles. The van der Waals surface area contributed by atoms with Crippen LogP contribution in [0.3, 0.4) is 0 Å². The second-order valence-corrected chi connectivity index (χ2v) is 10.8. The molecule has 0 saturated carbocycles. The van der Waals surface area contributed by atoms with Gasteiger partial charge in [-0.2, -0.15) is 0 Å². The van der Waals surface area contributed by atoms with Crippen LogP contribution in [0.5, 0.6) is 5.75 Å². The van der Waals surface area contributed by atoms with E-state index in [1.165, 1.54) is 0 Å². The molecule has 7 nitrogen and oxygen atoms in total. The number of methoxy groups -OCH3 is 1. The summed E-state index contributed by atoms with van der Waals surface area (Å²) >= 11 is 0. The first-order valence-electron chi connectivity index (χ1n) is 12.7. The summed E-state index contributed by atoms with van der Waals surface area (Å²) < 4.78 is 18.3. The Kier molecular flexibility index (Phi) is 7.55. The number of anilines is 1. The molecule has 0 radical (unpaired) electrons. The van der Waals surface area contributed by atoms with E-state index in [-0.39, 0.29) is 18.1 Å². The number of pyridine rings is 1. The van der Waals surface area contributed by atoms with E-state index in [4.69, 9.17) is 19.9 Å². The van der Waals surface area contributed by atoms with E-state index >= 15 is 0 Å². The molecule has 1 amide bonds. The van der Waals surface area contributed by atoms with Crippen LogP contribution in [0, 0.1) is 0 Å². The Labute approximate surface area is 209 Å². The van der Waals surface area contributed by atoms with Gasteiger partial charge >= 0.3 is 6.09 Å². The lowest BCUT2D eigenvalue weighted by atomic mass is 9.78. The molecule has 2 aliphatic rings. The van der Waals surface area contributed by atoms with Gasteiger partial charge in [0.15, 0.2) is 0 Å².